The molecule has 0 saturated carbocycles. The minimum Gasteiger partial charge on any atom is -0.472 e. The number of carbonyl (C=O) groups excluding carboxylic acids is 1. The highest BCUT2D eigenvalue weighted by atomic mass is 16.3. The first-order chi connectivity index (χ1) is 9.83. The normalized spacial score (nSPS) is 15.1. The van der Waals surface area contributed by atoms with Gasteiger partial charge in [0.1, 0.15) is 6.26 Å². The van der Waals surface area contributed by atoms with Crippen LogP contribution in [-0.4, -0.2) is 29.0 Å². The van der Waals surface area contributed by atoms with Crippen LogP contribution in [0.2, 0.25) is 0 Å². The highest BCUT2D eigenvalue weighted by molar-refractivity contribution is 6.03. The van der Waals surface area contributed by atoms with Crippen LogP contribution in [0.15, 0.2) is 35.4 Å². The second-order valence-electron chi connectivity index (χ2n) is 4.79. The lowest BCUT2D eigenvalue weighted by atomic mass is 10.1. The molecule has 2 aromatic rings. The Kier molecular flexibility index (Phi) is 3.62. The van der Waals surface area contributed by atoms with Crippen molar-refractivity contribution in [3.63, 3.8) is 0 Å². The molecule has 20 heavy (non-hydrogen) atoms. The van der Waals surface area contributed by atoms with Crippen LogP contribution in [0.25, 0.3) is 0 Å². The molecular formula is C14H16N4O2. The molecule has 6 nitrogen and oxygen atoms in total. The van der Waals surface area contributed by atoms with E-state index < -0.39 is 0 Å². The van der Waals surface area contributed by atoms with Crippen molar-refractivity contribution in [1.82, 2.24) is 9.97 Å². The molecule has 2 aromatic heterocycles. The number of amides is 1. The summed E-state index contributed by atoms with van der Waals surface area (Å²) in [4.78, 5) is 22.6. The van der Waals surface area contributed by atoms with E-state index in [1.807, 2.05) is 0 Å². The standard InChI is InChI=1S/C14H16N4O2/c19-13(11-4-7-20-10-11)17-12-8-15-14(16-9-12)18-5-2-1-3-6-18/h4,7-10H,1-3,5-6H2,(H,17,19). The second kappa shape index (κ2) is 5.73. The van der Waals surface area contributed by atoms with Crippen molar-refractivity contribution in [2.75, 3.05) is 23.3 Å². The van der Waals surface area contributed by atoms with Gasteiger partial charge in [0.25, 0.3) is 5.91 Å². The van der Waals surface area contributed by atoms with Crippen molar-refractivity contribution in [1.29, 1.82) is 0 Å². The van der Waals surface area contributed by atoms with Crippen molar-refractivity contribution in [2.24, 2.45) is 0 Å². The van der Waals surface area contributed by atoms with Gasteiger partial charge < -0.3 is 14.6 Å². The zero-order valence-electron chi connectivity index (χ0n) is 11.1. The van der Waals surface area contributed by atoms with E-state index in [-0.39, 0.29) is 5.91 Å². The maximum absolute atomic E-state index is 11.8. The highest BCUT2D eigenvalue weighted by Gasteiger charge is 2.13. The van der Waals surface area contributed by atoms with E-state index in [4.69, 9.17) is 4.42 Å². The summed E-state index contributed by atoms with van der Waals surface area (Å²) in [5.74, 6) is 0.499. The Labute approximate surface area is 116 Å². The third-order valence-corrected chi connectivity index (χ3v) is 3.32. The van der Waals surface area contributed by atoms with Gasteiger partial charge in [-0.25, -0.2) is 9.97 Å². The molecule has 1 amide bonds. The molecule has 1 N–H and O–H groups in total. The molecule has 0 aliphatic carbocycles. The van der Waals surface area contributed by atoms with Gasteiger partial charge in [-0.05, 0) is 25.3 Å². The lowest BCUT2D eigenvalue weighted by molar-refractivity contribution is 0.102. The van der Waals surface area contributed by atoms with Gasteiger partial charge >= 0.3 is 0 Å². The Morgan fingerprint density at radius 1 is 1.20 bits per heavy atom. The number of nitrogens with one attached hydrogen (secondary N) is 1. The van der Waals surface area contributed by atoms with E-state index in [1.54, 1.807) is 18.5 Å². The first-order valence-corrected chi connectivity index (χ1v) is 6.73. The Morgan fingerprint density at radius 2 is 1.95 bits per heavy atom. The van der Waals surface area contributed by atoms with Crippen molar-refractivity contribution in [3.05, 3.63) is 36.5 Å². The summed E-state index contributed by atoms with van der Waals surface area (Å²) in [5, 5.41) is 2.73. The van der Waals surface area contributed by atoms with E-state index in [9.17, 15) is 4.79 Å². The number of hydrogen-bond acceptors (Lipinski definition) is 5. The van der Waals surface area contributed by atoms with Gasteiger partial charge in [-0.2, -0.15) is 0 Å². The van der Waals surface area contributed by atoms with Gasteiger partial charge in [-0.15, -0.1) is 0 Å². The Balaban J connectivity index is 1.65. The number of hydrogen-bond donors (Lipinski definition) is 1. The molecule has 104 valence electrons. The predicted molar refractivity (Wildman–Crippen MR) is 74.8 cm³/mol. The molecule has 3 rings (SSSR count). The smallest absolute Gasteiger partial charge is 0.258 e. The van der Waals surface area contributed by atoms with Crippen LogP contribution >= 0.6 is 0 Å². The lowest BCUT2D eigenvalue weighted by Gasteiger charge is -2.26. The minimum atomic E-state index is -0.229. The molecule has 0 radical (unpaired) electrons. The number of furan rings is 1. The van der Waals surface area contributed by atoms with E-state index in [1.165, 1.54) is 31.8 Å². The zero-order chi connectivity index (χ0) is 13.8. The number of aromatic nitrogens is 2. The van der Waals surface area contributed by atoms with Gasteiger partial charge in [0.2, 0.25) is 5.95 Å². The average molecular weight is 272 g/mol. The maximum atomic E-state index is 11.8. The molecule has 0 aromatic carbocycles. The van der Waals surface area contributed by atoms with Gasteiger partial charge in [0.05, 0.1) is 29.9 Å². The first kappa shape index (κ1) is 12.7. The summed E-state index contributed by atoms with van der Waals surface area (Å²) in [6.07, 6.45) is 9.77. The first-order valence-electron chi connectivity index (χ1n) is 6.73. The monoisotopic (exact) mass is 272 g/mol. The Hall–Kier alpha value is -2.37. The Morgan fingerprint density at radius 3 is 2.60 bits per heavy atom. The molecule has 3 heterocycles. The molecule has 6 heteroatoms. The van der Waals surface area contributed by atoms with Crippen LogP contribution in [0.4, 0.5) is 11.6 Å². The van der Waals surface area contributed by atoms with Crippen molar-refractivity contribution < 1.29 is 9.21 Å². The largest absolute Gasteiger partial charge is 0.472 e. The fourth-order valence-electron chi connectivity index (χ4n) is 2.24. The summed E-state index contributed by atoms with van der Waals surface area (Å²) < 4.78 is 4.87. The van der Waals surface area contributed by atoms with Crippen LogP contribution in [0.1, 0.15) is 29.6 Å². The molecular weight excluding hydrogens is 256 g/mol. The second-order valence-corrected chi connectivity index (χ2v) is 4.79. The average Bonchev–Trinajstić information content (AvgIpc) is 3.03. The van der Waals surface area contributed by atoms with E-state index in [0.29, 0.717) is 11.3 Å². The van der Waals surface area contributed by atoms with Crippen LogP contribution in [0.3, 0.4) is 0 Å². The number of rotatable bonds is 3. The van der Waals surface area contributed by atoms with Crippen molar-refractivity contribution in [2.45, 2.75) is 19.3 Å². The molecule has 0 spiro atoms. The SMILES string of the molecule is O=C(Nc1cnc(N2CCCCC2)nc1)c1ccoc1. The van der Waals surface area contributed by atoms with Gasteiger partial charge in [-0.1, -0.05) is 0 Å². The molecule has 1 saturated heterocycles. The summed E-state index contributed by atoms with van der Waals surface area (Å²) >= 11 is 0. The molecule has 0 atom stereocenters. The maximum Gasteiger partial charge on any atom is 0.258 e. The number of anilines is 2. The van der Waals surface area contributed by atoms with Gasteiger partial charge in [0, 0.05) is 13.1 Å². The number of nitrogens with zero attached hydrogens (tertiary/aromatic N) is 3. The molecule has 1 fully saturated rings. The fourth-order valence-corrected chi connectivity index (χ4v) is 2.24. The van der Waals surface area contributed by atoms with Crippen LogP contribution in [-0.2, 0) is 0 Å². The van der Waals surface area contributed by atoms with Crippen LogP contribution in [0.5, 0.6) is 0 Å². The summed E-state index contributed by atoms with van der Waals surface area (Å²) in [7, 11) is 0. The molecule has 1 aliphatic rings. The molecule has 0 unspecified atom stereocenters. The van der Waals surface area contributed by atoms with Crippen LogP contribution in [0, 0.1) is 0 Å². The minimum absolute atomic E-state index is 0.229. The third kappa shape index (κ3) is 2.79. The van der Waals surface area contributed by atoms with E-state index >= 15 is 0 Å². The summed E-state index contributed by atoms with van der Waals surface area (Å²) in [6, 6.07) is 1.61. The van der Waals surface area contributed by atoms with Crippen molar-refractivity contribution in [3.8, 4) is 0 Å². The van der Waals surface area contributed by atoms with E-state index in [2.05, 4.69) is 20.2 Å². The zero-order valence-corrected chi connectivity index (χ0v) is 11.1. The van der Waals surface area contributed by atoms with Gasteiger partial charge in [-0.3, -0.25) is 4.79 Å². The highest BCUT2D eigenvalue weighted by Crippen LogP contribution is 2.16. The third-order valence-electron chi connectivity index (χ3n) is 3.32. The quantitative estimate of drug-likeness (QED) is 0.928. The Bertz CT molecular complexity index is 559. The topological polar surface area (TPSA) is 71.3 Å². The van der Waals surface area contributed by atoms with Crippen molar-refractivity contribution >= 4 is 17.5 Å². The van der Waals surface area contributed by atoms with Crippen LogP contribution < -0.4 is 10.2 Å². The molecule has 0 bridgehead atoms. The van der Waals surface area contributed by atoms with E-state index in [0.717, 1.165) is 19.0 Å². The molecule has 1 aliphatic heterocycles. The summed E-state index contributed by atoms with van der Waals surface area (Å²) in [6.45, 7) is 2.00. The summed E-state index contributed by atoms with van der Waals surface area (Å²) in [5.41, 5.74) is 1.06. The van der Waals surface area contributed by atoms with Gasteiger partial charge in [0.15, 0.2) is 0 Å². The number of piperidine rings is 1. The fraction of sp³-hybridized carbons (Fsp3) is 0.357. The number of carbonyl (C=O) groups is 1. The lowest BCUT2D eigenvalue weighted by Crippen LogP contribution is -2.30. The predicted octanol–water partition coefficient (Wildman–Crippen LogP) is 2.31.